The molecule has 0 heteroatoms. The van der Waals surface area contributed by atoms with E-state index < -0.39 is 0 Å². The van der Waals surface area contributed by atoms with Gasteiger partial charge in [0.1, 0.15) is 0 Å². The Hall–Kier alpha value is 0. The van der Waals surface area contributed by atoms with Gasteiger partial charge in [-0.15, -0.1) is 0 Å². The first-order valence-corrected chi connectivity index (χ1v) is 4.71. The van der Waals surface area contributed by atoms with Crippen molar-refractivity contribution in [2.45, 2.75) is 46.0 Å². The molecule has 1 atom stereocenters. The van der Waals surface area contributed by atoms with Crippen molar-refractivity contribution < 1.29 is 0 Å². The first-order valence-electron chi connectivity index (χ1n) is 4.71. The van der Waals surface area contributed by atoms with Gasteiger partial charge in [0.25, 0.3) is 0 Å². The second-order valence-electron chi connectivity index (χ2n) is 4.73. The Morgan fingerprint density at radius 3 is 2.10 bits per heavy atom. The summed E-state index contributed by atoms with van der Waals surface area (Å²) in [4.78, 5) is 0. The molecule has 0 aromatic carbocycles. The zero-order chi connectivity index (χ0) is 7.19. The molecule has 0 aromatic heterocycles. The van der Waals surface area contributed by atoms with Crippen molar-refractivity contribution in [1.29, 1.82) is 0 Å². The van der Waals surface area contributed by atoms with Crippen LogP contribution in [0.25, 0.3) is 0 Å². The molecular weight excluding hydrogens is 120 g/mol. The van der Waals surface area contributed by atoms with E-state index in [0.717, 1.165) is 17.3 Å². The van der Waals surface area contributed by atoms with Crippen molar-refractivity contribution in [3.05, 3.63) is 0 Å². The summed E-state index contributed by atoms with van der Waals surface area (Å²) >= 11 is 0. The van der Waals surface area contributed by atoms with Crippen LogP contribution in [0.1, 0.15) is 46.0 Å². The average molecular weight is 138 g/mol. The van der Waals surface area contributed by atoms with E-state index in [2.05, 4.69) is 13.8 Å². The third-order valence-corrected chi connectivity index (χ3v) is 4.12. The van der Waals surface area contributed by atoms with Gasteiger partial charge in [-0.1, -0.05) is 13.8 Å². The van der Waals surface area contributed by atoms with Gasteiger partial charge in [-0.25, -0.2) is 0 Å². The zero-order valence-corrected chi connectivity index (χ0v) is 7.19. The molecule has 3 rings (SSSR count). The SMILES string of the molecule is C[C@H]1CC2CCC1(C)CC2. The molecule has 0 heterocycles. The Labute approximate surface area is 64.0 Å². The van der Waals surface area contributed by atoms with Crippen molar-refractivity contribution in [3.8, 4) is 0 Å². The van der Waals surface area contributed by atoms with E-state index in [1.807, 2.05) is 0 Å². The second kappa shape index (κ2) is 1.99. The predicted octanol–water partition coefficient (Wildman–Crippen LogP) is 3.22. The van der Waals surface area contributed by atoms with Gasteiger partial charge in [0.05, 0.1) is 0 Å². The number of hydrogen-bond donors (Lipinski definition) is 0. The van der Waals surface area contributed by atoms with Crippen LogP contribution in [0.5, 0.6) is 0 Å². The van der Waals surface area contributed by atoms with Crippen LogP contribution in [0.4, 0.5) is 0 Å². The molecule has 3 aliphatic rings. The van der Waals surface area contributed by atoms with E-state index in [-0.39, 0.29) is 0 Å². The molecular formula is C10H18. The maximum atomic E-state index is 2.49. The van der Waals surface area contributed by atoms with Crippen LogP contribution < -0.4 is 0 Å². The Kier molecular flexibility index (Phi) is 1.33. The molecule has 0 saturated heterocycles. The fraction of sp³-hybridized carbons (Fsp3) is 1.00. The normalized spacial score (nSPS) is 53.4. The topological polar surface area (TPSA) is 0 Å². The van der Waals surface area contributed by atoms with Crippen molar-refractivity contribution in [2.24, 2.45) is 17.3 Å². The van der Waals surface area contributed by atoms with Gasteiger partial charge < -0.3 is 0 Å². The minimum atomic E-state index is 0.745. The molecule has 3 aliphatic carbocycles. The summed E-state index contributed by atoms with van der Waals surface area (Å²) < 4.78 is 0. The van der Waals surface area contributed by atoms with Crippen LogP contribution in [-0.4, -0.2) is 0 Å². The highest BCUT2D eigenvalue weighted by Crippen LogP contribution is 2.53. The minimum absolute atomic E-state index is 0.745. The summed E-state index contributed by atoms with van der Waals surface area (Å²) in [5.74, 6) is 2.12. The molecule has 2 bridgehead atoms. The molecule has 0 N–H and O–H groups in total. The second-order valence-corrected chi connectivity index (χ2v) is 4.73. The standard InChI is InChI=1S/C10H18/c1-8-7-9-3-5-10(8,2)6-4-9/h8-9H,3-7H2,1-2H3/t8-,9?,10?/m0/s1. The lowest BCUT2D eigenvalue weighted by molar-refractivity contribution is 0.0209. The number of rotatable bonds is 0. The van der Waals surface area contributed by atoms with Gasteiger partial charge in [-0.2, -0.15) is 0 Å². The third kappa shape index (κ3) is 0.810. The van der Waals surface area contributed by atoms with Gasteiger partial charge in [0.2, 0.25) is 0 Å². The predicted molar refractivity (Wildman–Crippen MR) is 43.8 cm³/mol. The van der Waals surface area contributed by atoms with Crippen LogP contribution in [0, 0.1) is 17.3 Å². The van der Waals surface area contributed by atoms with Crippen LogP contribution >= 0.6 is 0 Å². The van der Waals surface area contributed by atoms with Gasteiger partial charge >= 0.3 is 0 Å². The number of hydrogen-bond acceptors (Lipinski definition) is 0. The van der Waals surface area contributed by atoms with Crippen LogP contribution in [0.3, 0.4) is 0 Å². The summed E-state index contributed by atoms with van der Waals surface area (Å²) in [7, 11) is 0. The van der Waals surface area contributed by atoms with Crippen LogP contribution in [0.2, 0.25) is 0 Å². The molecule has 0 aromatic rings. The molecule has 0 amide bonds. The van der Waals surface area contributed by atoms with Gasteiger partial charge in [-0.05, 0) is 49.4 Å². The maximum Gasteiger partial charge on any atom is -0.0300 e. The Balaban J connectivity index is 2.17. The van der Waals surface area contributed by atoms with Gasteiger partial charge in [0.15, 0.2) is 0 Å². The fourth-order valence-corrected chi connectivity index (χ4v) is 2.85. The smallest absolute Gasteiger partial charge is 0.0300 e. The van der Waals surface area contributed by atoms with Crippen LogP contribution in [0.15, 0.2) is 0 Å². The fourth-order valence-electron chi connectivity index (χ4n) is 2.85. The molecule has 0 spiro atoms. The van der Waals surface area contributed by atoms with Gasteiger partial charge in [-0.3, -0.25) is 0 Å². The highest BCUT2D eigenvalue weighted by atomic mass is 14.5. The lowest BCUT2D eigenvalue weighted by Gasteiger charge is -2.49. The Morgan fingerprint density at radius 2 is 1.80 bits per heavy atom. The monoisotopic (exact) mass is 138 g/mol. The molecule has 0 unspecified atom stereocenters. The minimum Gasteiger partial charge on any atom is -0.0620 e. The molecule has 0 nitrogen and oxygen atoms in total. The largest absolute Gasteiger partial charge is 0.0620 e. The van der Waals surface area contributed by atoms with Crippen LogP contribution in [-0.2, 0) is 0 Å². The highest BCUT2D eigenvalue weighted by molar-refractivity contribution is 4.92. The van der Waals surface area contributed by atoms with Gasteiger partial charge in [0, 0.05) is 0 Å². The van der Waals surface area contributed by atoms with E-state index in [0.29, 0.717) is 0 Å². The summed E-state index contributed by atoms with van der Waals surface area (Å²) in [6.45, 7) is 4.94. The highest BCUT2D eigenvalue weighted by Gasteiger charge is 2.41. The maximum absolute atomic E-state index is 2.49. The lowest BCUT2D eigenvalue weighted by Crippen LogP contribution is -2.38. The van der Waals surface area contributed by atoms with Crippen molar-refractivity contribution in [2.75, 3.05) is 0 Å². The first kappa shape index (κ1) is 6.69. The molecule has 3 saturated carbocycles. The van der Waals surface area contributed by atoms with E-state index in [4.69, 9.17) is 0 Å². The van der Waals surface area contributed by atoms with Crippen molar-refractivity contribution in [1.82, 2.24) is 0 Å². The van der Waals surface area contributed by atoms with Crippen molar-refractivity contribution >= 4 is 0 Å². The van der Waals surface area contributed by atoms with E-state index in [9.17, 15) is 0 Å². The molecule has 58 valence electrons. The summed E-state index contributed by atoms with van der Waals surface area (Å²) in [6.07, 6.45) is 7.61. The molecule has 0 radical (unpaired) electrons. The molecule has 10 heavy (non-hydrogen) atoms. The molecule has 3 fully saturated rings. The van der Waals surface area contributed by atoms with E-state index in [1.165, 1.54) is 32.1 Å². The summed E-state index contributed by atoms with van der Waals surface area (Å²) in [5.41, 5.74) is 0.745. The first-order chi connectivity index (χ1) is 4.71. The van der Waals surface area contributed by atoms with E-state index in [1.54, 1.807) is 0 Å². The quantitative estimate of drug-likeness (QED) is 0.482. The molecule has 0 aliphatic heterocycles. The zero-order valence-electron chi connectivity index (χ0n) is 7.19. The Morgan fingerprint density at radius 1 is 1.20 bits per heavy atom. The summed E-state index contributed by atoms with van der Waals surface area (Å²) in [6, 6.07) is 0. The average Bonchev–Trinajstić information content (AvgIpc) is 1.92. The van der Waals surface area contributed by atoms with Crippen molar-refractivity contribution in [3.63, 3.8) is 0 Å². The summed E-state index contributed by atoms with van der Waals surface area (Å²) in [5, 5.41) is 0. The lowest BCUT2D eigenvalue weighted by atomic mass is 9.57. The van der Waals surface area contributed by atoms with E-state index >= 15 is 0 Å². The third-order valence-electron chi connectivity index (χ3n) is 4.12. The number of fused-ring (bicyclic) bond motifs is 3. The Bertz CT molecular complexity index is 129.